The summed E-state index contributed by atoms with van der Waals surface area (Å²) >= 11 is 0. The van der Waals surface area contributed by atoms with E-state index in [0.29, 0.717) is 6.42 Å². The van der Waals surface area contributed by atoms with Crippen LogP contribution in [-0.4, -0.2) is 43.5 Å². The molecule has 4 nitrogen and oxygen atoms in total. The van der Waals surface area contributed by atoms with Gasteiger partial charge in [0.25, 0.3) is 0 Å². The second-order valence-electron chi connectivity index (χ2n) is 4.37. The van der Waals surface area contributed by atoms with Crippen LogP contribution in [-0.2, 0) is 4.79 Å². The van der Waals surface area contributed by atoms with Crippen molar-refractivity contribution in [3.8, 4) is 0 Å². The molecule has 1 aliphatic rings. The van der Waals surface area contributed by atoms with E-state index in [-0.39, 0.29) is 36.4 Å². The highest BCUT2D eigenvalue weighted by atomic mass is 35.5. The van der Waals surface area contributed by atoms with Gasteiger partial charge >= 0.3 is 0 Å². The second-order valence-corrected chi connectivity index (χ2v) is 4.37. The molecule has 2 N–H and O–H groups in total. The Labute approximate surface area is 130 Å². The summed E-state index contributed by atoms with van der Waals surface area (Å²) < 4.78 is 13.3. The minimum absolute atomic E-state index is 0. The average Bonchev–Trinajstić information content (AvgIpc) is 2.40. The van der Waals surface area contributed by atoms with Crippen LogP contribution in [0.2, 0.25) is 0 Å². The van der Waals surface area contributed by atoms with Crippen molar-refractivity contribution in [2.45, 2.75) is 6.42 Å². The topological polar surface area (TPSA) is 44.4 Å². The quantitative estimate of drug-likeness (QED) is 0.889. The molecule has 1 amide bonds. The van der Waals surface area contributed by atoms with Gasteiger partial charge in [-0.05, 0) is 12.1 Å². The molecule has 20 heavy (non-hydrogen) atoms. The number of carbonyl (C=O) groups excluding carboxylic acids is 1. The van der Waals surface area contributed by atoms with Gasteiger partial charge in [-0.25, -0.2) is 4.39 Å². The lowest BCUT2D eigenvalue weighted by molar-refractivity contribution is -0.116. The zero-order valence-corrected chi connectivity index (χ0v) is 12.7. The molecular formula is C13H20Cl2FN3O. The summed E-state index contributed by atoms with van der Waals surface area (Å²) in [7, 11) is 0. The molecule has 0 bridgehead atoms. The van der Waals surface area contributed by atoms with Gasteiger partial charge in [0.05, 0.1) is 5.69 Å². The van der Waals surface area contributed by atoms with Crippen molar-refractivity contribution in [3.63, 3.8) is 0 Å². The van der Waals surface area contributed by atoms with E-state index in [1.807, 2.05) is 0 Å². The summed E-state index contributed by atoms with van der Waals surface area (Å²) in [4.78, 5) is 13.9. The van der Waals surface area contributed by atoms with E-state index in [1.54, 1.807) is 18.2 Å². The Kier molecular flexibility index (Phi) is 9.50. The Bertz CT molecular complexity index is 414. The van der Waals surface area contributed by atoms with Gasteiger partial charge in [-0.2, -0.15) is 0 Å². The molecule has 0 aromatic heterocycles. The first-order valence-corrected chi connectivity index (χ1v) is 6.23. The molecule has 114 valence electrons. The number of hydrogen-bond donors (Lipinski definition) is 2. The smallest absolute Gasteiger partial charge is 0.225 e. The number of anilines is 1. The molecule has 0 atom stereocenters. The summed E-state index contributed by atoms with van der Waals surface area (Å²) in [6.07, 6.45) is 0.397. The van der Waals surface area contributed by atoms with Crippen LogP contribution in [0.25, 0.3) is 0 Å². The van der Waals surface area contributed by atoms with E-state index in [9.17, 15) is 9.18 Å². The average molecular weight is 324 g/mol. The Morgan fingerprint density at radius 1 is 1.25 bits per heavy atom. The van der Waals surface area contributed by atoms with Crippen molar-refractivity contribution in [1.82, 2.24) is 10.2 Å². The number of benzene rings is 1. The lowest BCUT2D eigenvalue weighted by Crippen LogP contribution is -2.44. The predicted octanol–water partition coefficient (Wildman–Crippen LogP) is 1.90. The molecule has 0 spiro atoms. The first-order valence-electron chi connectivity index (χ1n) is 6.23. The van der Waals surface area contributed by atoms with Crippen molar-refractivity contribution < 1.29 is 9.18 Å². The van der Waals surface area contributed by atoms with Crippen LogP contribution >= 0.6 is 24.8 Å². The van der Waals surface area contributed by atoms with E-state index < -0.39 is 5.82 Å². The van der Waals surface area contributed by atoms with E-state index in [0.717, 1.165) is 32.7 Å². The van der Waals surface area contributed by atoms with Crippen LogP contribution in [0.3, 0.4) is 0 Å². The Morgan fingerprint density at radius 3 is 2.55 bits per heavy atom. The summed E-state index contributed by atoms with van der Waals surface area (Å²) in [5.41, 5.74) is 0.253. The molecule has 1 aromatic rings. The van der Waals surface area contributed by atoms with Gasteiger partial charge in [0.2, 0.25) is 5.91 Å². The normalized spacial score (nSPS) is 14.8. The van der Waals surface area contributed by atoms with Gasteiger partial charge in [0.1, 0.15) is 5.82 Å². The predicted molar refractivity (Wildman–Crippen MR) is 83.5 cm³/mol. The highest BCUT2D eigenvalue weighted by molar-refractivity contribution is 5.90. The molecule has 7 heteroatoms. The minimum Gasteiger partial charge on any atom is -0.324 e. The highest BCUT2D eigenvalue weighted by Crippen LogP contribution is 2.12. The number of amides is 1. The van der Waals surface area contributed by atoms with E-state index in [4.69, 9.17) is 0 Å². The monoisotopic (exact) mass is 323 g/mol. The third kappa shape index (κ3) is 6.05. The number of piperazine rings is 1. The molecular weight excluding hydrogens is 304 g/mol. The first kappa shape index (κ1) is 19.1. The molecule has 1 heterocycles. The summed E-state index contributed by atoms with van der Waals surface area (Å²) in [6, 6.07) is 6.21. The second kappa shape index (κ2) is 9.94. The summed E-state index contributed by atoms with van der Waals surface area (Å²) in [5, 5.41) is 5.85. The summed E-state index contributed by atoms with van der Waals surface area (Å²) in [6.45, 7) is 4.59. The lowest BCUT2D eigenvalue weighted by Gasteiger charge is -2.26. The number of nitrogens with one attached hydrogen (secondary N) is 2. The maximum atomic E-state index is 13.3. The van der Waals surface area contributed by atoms with Gasteiger partial charge in [0, 0.05) is 39.1 Å². The van der Waals surface area contributed by atoms with Crippen LogP contribution in [0.5, 0.6) is 0 Å². The summed E-state index contributed by atoms with van der Waals surface area (Å²) in [5.74, 6) is -0.536. The van der Waals surface area contributed by atoms with Crippen LogP contribution in [0.1, 0.15) is 6.42 Å². The van der Waals surface area contributed by atoms with Gasteiger partial charge in [-0.3, -0.25) is 4.79 Å². The molecule has 0 unspecified atom stereocenters. The van der Waals surface area contributed by atoms with E-state index in [2.05, 4.69) is 15.5 Å². The fraction of sp³-hybridized carbons (Fsp3) is 0.462. The van der Waals surface area contributed by atoms with Crippen molar-refractivity contribution in [1.29, 1.82) is 0 Å². The van der Waals surface area contributed by atoms with Crippen molar-refractivity contribution in [3.05, 3.63) is 30.1 Å². The maximum absolute atomic E-state index is 13.3. The van der Waals surface area contributed by atoms with Gasteiger partial charge in [0.15, 0.2) is 0 Å². The number of carbonyl (C=O) groups is 1. The first-order chi connectivity index (χ1) is 8.75. The molecule has 0 aliphatic carbocycles. The maximum Gasteiger partial charge on any atom is 0.225 e. The molecule has 0 saturated carbocycles. The van der Waals surface area contributed by atoms with Crippen LogP contribution in [0, 0.1) is 5.82 Å². The molecule has 0 radical (unpaired) electrons. The standard InChI is InChI=1S/C13H18FN3O.2ClH/c14-11-3-1-2-4-12(11)16-13(18)5-8-17-9-6-15-7-10-17;;/h1-4,15H,5-10H2,(H,16,18);2*1H. The number of para-hydroxylation sites is 1. The van der Waals surface area contributed by atoms with Gasteiger partial charge in [-0.1, -0.05) is 12.1 Å². The van der Waals surface area contributed by atoms with Crippen LogP contribution in [0.4, 0.5) is 10.1 Å². The molecule has 1 aromatic carbocycles. The zero-order chi connectivity index (χ0) is 12.8. The fourth-order valence-corrected chi connectivity index (χ4v) is 1.97. The van der Waals surface area contributed by atoms with Crippen molar-refractivity contribution >= 4 is 36.4 Å². The van der Waals surface area contributed by atoms with Gasteiger partial charge < -0.3 is 15.5 Å². The lowest BCUT2D eigenvalue weighted by atomic mass is 10.2. The van der Waals surface area contributed by atoms with Crippen LogP contribution < -0.4 is 10.6 Å². The third-order valence-corrected chi connectivity index (χ3v) is 3.01. The molecule has 1 saturated heterocycles. The van der Waals surface area contributed by atoms with Crippen LogP contribution in [0.15, 0.2) is 24.3 Å². The number of hydrogen-bond acceptors (Lipinski definition) is 3. The number of halogens is 3. The van der Waals surface area contributed by atoms with Gasteiger partial charge in [-0.15, -0.1) is 24.8 Å². The Morgan fingerprint density at radius 2 is 1.90 bits per heavy atom. The van der Waals surface area contributed by atoms with E-state index >= 15 is 0 Å². The fourth-order valence-electron chi connectivity index (χ4n) is 1.97. The SMILES string of the molecule is Cl.Cl.O=C(CCN1CCNCC1)Nc1ccccc1F. The Balaban J connectivity index is 0.00000180. The van der Waals surface area contributed by atoms with E-state index in [1.165, 1.54) is 6.07 Å². The van der Waals surface area contributed by atoms with Crippen molar-refractivity contribution in [2.24, 2.45) is 0 Å². The zero-order valence-electron chi connectivity index (χ0n) is 11.1. The number of rotatable bonds is 4. The minimum atomic E-state index is -0.395. The molecule has 1 fully saturated rings. The Hall–Kier alpha value is -0.880. The van der Waals surface area contributed by atoms with Crippen molar-refractivity contribution in [2.75, 3.05) is 38.0 Å². The third-order valence-electron chi connectivity index (χ3n) is 3.01. The largest absolute Gasteiger partial charge is 0.324 e. The highest BCUT2D eigenvalue weighted by Gasteiger charge is 2.12. The number of nitrogens with zero attached hydrogens (tertiary/aromatic N) is 1. The molecule has 2 rings (SSSR count). The molecule has 1 aliphatic heterocycles.